The molecule has 1 aromatic heterocycles. The maximum absolute atomic E-state index is 10.7. The molecule has 1 saturated heterocycles. The van der Waals surface area contributed by atoms with Crippen molar-refractivity contribution < 1.29 is 5.11 Å². The summed E-state index contributed by atoms with van der Waals surface area (Å²) in [6, 6.07) is 0. The highest BCUT2D eigenvalue weighted by Crippen LogP contribution is 2.23. The van der Waals surface area contributed by atoms with Gasteiger partial charge in [0.05, 0.1) is 5.60 Å². The van der Waals surface area contributed by atoms with E-state index < -0.39 is 5.60 Å². The fourth-order valence-electron chi connectivity index (χ4n) is 3.11. The van der Waals surface area contributed by atoms with Crippen molar-refractivity contribution in [1.82, 2.24) is 30.0 Å². The molecule has 0 saturated carbocycles. The van der Waals surface area contributed by atoms with Crippen LogP contribution in [0.3, 0.4) is 0 Å². The zero-order chi connectivity index (χ0) is 15.3. The fourth-order valence-corrected chi connectivity index (χ4v) is 3.11. The van der Waals surface area contributed by atoms with Crippen LogP contribution in [0, 0.1) is 6.92 Å². The lowest BCUT2D eigenvalue weighted by Crippen LogP contribution is -2.41. The van der Waals surface area contributed by atoms with E-state index in [1.807, 2.05) is 25.7 Å². The van der Waals surface area contributed by atoms with E-state index in [1.165, 1.54) is 0 Å². The van der Waals surface area contributed by atoms with E-state index in [0.717, 1.165) is 64.2 Å². The highest BCUT2D eigenvalue weighted by Gasteiger charge is 2.30. The van der Waals surface area contributed by atoms with Gasteiger partial charge in [0.25, 0.3) is 0 Å². The van der Waals surface area contributed by atoms with Crippen molar-refractivity contribution in [1.29, 1.82) is 0 Å². The van der Waals surface area contributed by atoms with Crippen LogP contribution in [0.5, 0.6) is 0 Å². The molecular weight excluding hydrogens is 268 g/mol. The molecule has 2 rings (SSSR count). The molecule has 0 aliphatic carbocycles. The number of aliphatic hydroxyl groups is 1. The van der Waals surface area contributed by atoms with Crippen LogP contribution in [-0.2, 0) is 6.54 Å². The van der Waals surface area contributed by atoms with Gasteiger partial charge in [0.15, 0.2) is 0 Å². The second-order valence-corrected chi connectivity index (χ2v) is 6.46. The van der Waals surface area contributed by atoms with Crippen LogP contribution in [0.15, 0.2) is 0 Å². The van der Waals surface area contributed by atoms with Crippen LogP contribution in [-0.4, -0.2) is 81.0 Å². The summed E-state index contributed by atoms with van der Waals surface area (Å²) in [6.07, 6.45) is 3.86. The molecule has 0 radical (unpaired) electrons. The molecule has 7 nitrogen and oxygen atoms in total. The highest BCUT2D eigenvalue weighted by molar-refractivity contribution is 4.85. The Balaban J connectivity index is 1.74. The molecule has 0 unspecified atom stereocenters. The Kier molecular flexibility index (Phi) is 5.66. The summed E-state index contributed by atoms with van der Waals surface area (Å²) >= 11 is 0. The van der Waals surface area contributed by atoms with Crippen LogP contribution in [0.25, 0.3) is 0 Å². The number of likely N-dealkylation sites (N-methyl/N-ethyl adjacent to an activating group) is 1. The topological polar surface area (TPSA) is 70.3 Å². The van der Waals surface area contributed by atoms with E-state index in [0.29, 0.717) is 0 Å². The van der Waals surface area contributed by atoms with E-state index in [2.05, 4.69) is 25.3 Å². The van der Waals surface area contributed by atoms with E-state index in [-0.39, 0.29) is 0 Å². The normalized spacial score (nSPS) is 24.4. The van der Waals surface area contributed by atoms with Crippen molar-refractivity contribution in [2.45, 2.75) is 44.8 Å². The van der Waals surface area contributed by atoms with E-state index in [1.54, 1.807) is 0 Å². The lowest BCUT2D eigenvalue weighted by Gasteiger charge is -2.30. The van der Waals surface area contributed by atoms with Crippen LogP contribution < -0.4 is 0 Å². The quantitative estimate of drug-likeness (QED) is 0.806. The second-order valence-electron chi connectivity index (χ2n) is 6.46. The number of aromatic nitrogens is 4. The first kappa shape index (κ1) is 16.3. The molecule has 21 heavy (non-hydrogen) atoms. The number of aryl methyl sites for hydroxylation is 2. The Morgan fingerprint density at radius 1 is 1.24 bits per heavy atom. The molecule has 1 atom stereocenters. The van der Waals surface area contributed by atoms with Crippen molar-refractivity contribution in [3.05, 3.63) is 5.82 Å². The molecule has 2 heterocycles. The maximum Gasteiger partial charge on any atom is 0.148 e. The van der Waals surface area contributed by atoms with Crippen molar-refractivity contribution in [2.24, 2.45) is 0 Å². The lowest BCUT2D eigenvalue weighted by atomic mass is 9.94. The minimum absolute atomic E-state index is 0.523. The lowest BCUT2D eigenvalue weighted by molar-refractivity contribution is 0.00271. The number of rotatable bonds is 6. The third-order valence-corrected chi connectivity index (χ3v) is 4.18. The summed E-state index contributed by atoms with van der Waals surface area (Å²) in [4.78, 5) is 4.53. The zero-order valence-electron chi connectivity index (χ0n) is 13.5. The molecule has 7 heteroatoms. The Labute approximate surface area is 126 Å². The fraction of sp³-hybridized carbons (Fsp3) is 0.929. The molecule has 1 fully saturated rings. The van der Waals surface area contributed by atoms with Crippen LogP contribution >= 0.6 is 0 Å². The van der Waals surface area contributed by atoms with Gasteiger partial charge in [0.2, 0.25) is 0 Å². The van der Waals surface area contributed by atoms with E-state index in [4.69, 9.17) is 0 Å². The summed E-state index contributed by atoms with van der Waals surface area (Å²) in [5.41, 5.74) is -0.523. The summed E-state index contributed by atoms with van der Waals surface area (Å²) in [6.45, 7) is 6.62. The van der Waals surface area contributed by atoms with Gasteiger partial charge in [-0.1, -0.05) is 0 Å². The number of tetrazole rings is 1. The zero-order valence-corrected chi connectivity index (χ0v) is 13.5. The van der Waals surface area contributed by atoms with Gasteiger partial charge in [0, 0.05) is 19.6 Å². The molecular formula is C14H28N6O. The van der Waals surface area contributed by atoms with Crippen molar-refractivity contribution >= 4 is 0 Å². The summed E-state index contributed by atoms with van der Waals surface area (Å²) in [5.74, 6) is 0.867. The smallest absolute Gasteiger partial charge is 0.148 e. The minimum atomic E-state index is -0.523. The van der Waals surface area contributed by atoms with Gasteiger partial charge in [-0.2, -0.15) is 0 Å². The first-order chi connectivity index (χ1) is 9.98. The van der Waals surface area contributed by atoms with Crippen LogP contribution in [0.1, 0.15) is 31.5 Å². The molecule has 120 valence electrons. The van der Waals surface area contributed by atoms with E-state index >= 15 is 0 Å². The molecule has 1 aliphatic rings. The van der Waals surface area contributed by atoms with Gasteiger partial charge in [-0.15, -0.1) is 5.10 Å². The minimum Gasteiger partial charge on any atom is -0.389 e. The third kappa shape index (κ3) is 5.01. The average molecular weight is 296 g/mol. The van der Waals surface area contributed by atoms with Crippen molar-refractivity contribution in [2.75, 3.05) is 40.3 Å². The maximum atomic E-state index is 10.7. The SMILES string of the molecule is Cc1nnnn1CCCN1CCC[C@@](O)(CN(C)C)CC1. The van der Waals surface area contributed by atoms with Gasteiger partial charge in [-0.3, -0.25) is 0 Å². The molecule has 1 aliphatic heterocycles. The van der Waals surface area contributed by atoms with Gasteiger partial charge < -0.3 is 14.9 Å². The number of nitrogens with zero attached hydrogens (tertiary/aromatic N) is 6. The third-order valence-electron chi connectivity index (χ3n) is 4.18. The Bertz CT molecular complexity index is 435. The van der Waals surface area contributed by atoms with Crippen LogP contribution in [0.2, 0.25) is 0 Å². The average Bonchev–Trinajstić information content (AvgIpc) is 2.71. The monoisotopic (exact) mass is 296 g/mol. The molecule has 0 amide bonds. The molecule has 1 N–H and O–H groups in total. The number of likely N-dealkylation sites (tertiary alicyclic amines) is 1. The first-order valence-corrected chi connectivity index (χ1v) is 7.81. The highest BCUT2D eigenvalue weighted by atomic mass is 16.3. The number of hydrogen-bond donors (Lipinski definition) is 1. The Morgan fingerprint density at radius 3 is 2.71 bits per heavy atom. The Hall–Kier alpha value is -1.05. The molecule has 0 aromatic carbocycles. The van der Waals surface area contributed by atoms with Crippen molar-refractivity contribution in [3.63, 3.8) is 0 Å². The van der Waals surface area contributed by atoms with Crippen molar-refractivity contribution in [3.8, 4) is 0 Å². The molecule has 0 spiro atoms. The second kappa shape index (κ2) is 7.29. The van der Waals surface area contributed by atoms with Crippen LogP contribution in [0.4, 0.5) is 0 Å². The van der Waals surface area contributed by atoms with E-state index in [9.17, 15) is 5.11 Å². The van der Waals surface area contributed by atoms with Gasteiger partial charge >= 0.3 is 0 Å². The first-order valence-electron chi connectivity index (χ1n) is 7.81. The Morgan fingerprint density at radius 2 is 2.05 bits per heavy atom. The van der Waals surface area contributed by atoms with Gasteiger partial charge in [0.1, 0.15) is 5.82 Å². The number of hydrogen-bond acceptors (Lipinski definition) is 6. The predicted molar refractivity (Wildman–Crippen MR) is 81.0 cm³/mol. The molecule has 0 bridgehead atoms. The standard InChI is InChI=1S/C14H28N6O/c1-13-15-16-17-20(13)10-5-9-19-8-4-6-14(21,7-11-19)12-18(2)3/h21H,4-12H2,1-3H3/t14-/m0/s1. The summed E-state index contributed by atoms with van der Waals surface area (Å²) < 4.78 is 1.85. The summed E-state index contributed by atoms with van der Waals surface area (Å²) in [7, 11) is 4.05. The summed E-state index contributed by atoms with van der Waals surface area (Å²) in [5, 5.41) is 22.2. The molecule has 1 aromatic rings. The van der Waals surface area contributed by atoms with Gasteiger partial charge in [-0.05, 0) is 70.2 Å². The van der Waals surface area contributed by atoms with Gasteiger partial charge in [-0.25, -0.2) is 4.68 Å². The predicted octanol–water partition coefficient (Wildman–Crippen LogP) is 0.150. The largest absolute Gasteiger partial charge is 0.389 e.